The third-order valence-electron chi connectivity index (χ3n) is 2.35. The van der Waals surface area contributed by atoms with Crippen molar-refractivity contribution in [1.29, 1.82) is 0 Å². The van der Waals surface area contributed by atoms with Crippen LogP contribution in [0.25, 0.3) is 0 Å². The van der Waals surface area contributed by atoms with E-state index in [1.807, 2.05) is 20.8 Å². The molecule has 94 valence electrons. The molecule has 0 radical (unpaired) electrons. The molecule has 5 heteroatoms. The van der Waals surface area contributed by atoms with Crippen LogP contribution in [-0.4, -0.2) is 53.6 Å². The maximum atomic E-state index is 11.9. The Morgan fingerprint density at radius 3 is 2.69 bits per heavy atom. The first-order valence-electron chi connectivity index (χ1n) is 5.56. The van der Waals surface area contributed by atoms with Gasteiger partial charge in [0.15, 0.2) is 0 Å². The molecule has 2 atom stereocenters. The van der Waals surface area contributed by atoms with E-state index in [0.717, 1.165) is 0 Å². The second-order valence-electron chi connectivity index (χ2n) is 5.06. The normalized spacial score (nSPS) is 24.1. The van der Waals surface area contributed by atoms with E-state index in [0.29, 0.717) is 19.8 Å². The van der Waals surface area contributed by atoms with Gasteiger partial charge in [0, 0.05) is 6.54 Å². The van der Waals surface area contributed by atoms with Crippen LogP contribution in [0.15, 0.2) is 0 Å². The first-order chi connectivity index (χ1) is 7.31. The average molecular weight is 231 g/mol. The van der Waals surface area contributed by atoms with Crippen LogP contribution >= 0.6 is 0 Å². The zero-order chi connectivity index (χ0) is 12.3. The third kappa shape index (κ3) is 3.64. The van der Waals surface area contributed by atoms with E-state index >= 15 is 0 Å². The molecule has 1 heterocycles. The predicted molar refractivity (Wildman–Crippen MR) is 59.2 cm³/mol. The number of hydrogen-bond donors (Lipinski definition) is 1. The molecule has 1 amide bonds. The number of aliphatic hydroxyl groups is 1. The molecule has 1 saturated heterocycles. The number of aliphatic hydroxyl groups excluding tert-OH is 1. The van der Waals surface area contributed by atoms with Gasteiger partial charge in [-0.3, -0.25) is 4.90 Å². The Labute approximate surface area is 96.3 Å². The number of rotatable bonds is 1. The van der Waals surface area contributed by atoms with Crippen molar-refractivity contribution in [3.63, 3.8) is 0 Å². The second-order valence-corrected chi connectivity index (χ2v) is 5.06. The molecule has 1 aliphatic heterocycles. The maximum absolute atomic E-state index is 11.9. The number of hydrogen-bond acceptors (Lipinski definition) is 4. The Bertz CT molecular complexity index is 247. The van der Waals surface area contributed by atoms with Crippen LogP contribution < -0.4 is 0 Å². The molecule has 0 bridgehead atoms. The van der Waals surface area contributed by atoms with Crippen LogP contribution in [0.2, 0.25) is 0 Å². The zero-order valence-corrected chi connectivity index (χ0v) is 10.4. The molecular formula is C11H21NO4. The topological polar surface area (TPSA) is 59.0 Å². The Balaban J connectivity index is 2.64. The van der Waals surface area contributed by atoms with Gasteiger partial charge >= 0.3 is 6.09 Å². The van der Waals surface area contributed by atoms with Crippen LogP contribution in [0.1, 0.15) is 27.7 Å². The number of carbonyl (C=O) groups excluding carboxylic acids is 1. The Hall–Kier alpha value is -0.810. The molecule has 0 aromatic rings. The monoisotopic (exact) mass is 231 g/mol. The van der Waals surface area contributed by atoms with Gasteiger partial charge in [0.05, 0.1) is 25.4 Å². The lowest BCUT2D eigenvalue weighted by Crippen LogP contribution is -2.54. The van der Waals surface area contributed by atoms with Crippen molar-refractivity contribution < 1.29 is 19.4 Å². The van der Waals surface area contributed by atoms with Crippen LogP contribution in [0.4, 0.5) is 4.79 Å². The van der Waals surface area contributed by atoms with Crippen molar-refractivity contribution in [2.24, 2.45) is 0 Å². The number of ether oxygens (including phenoxy) is 2. The standard InChI is InChI=1S/C11H21NO4/c1-8(13)9-7-15-6-5-12(9)10(14)16-11(2,3)4/h8-9,13H,5-7H2,1-4H3/t8-,9?/m0/s1. The molecule has 1 unspecified atom stereocenters. The van der Waals surface area contributed by atoms with Gasteiger partial charge in [0.25, 0.3) is 0 Å². The van der Waals surface area contributed by atoms with Crippen LogP contribution in [0, 0.1) is 0 Å². The molecule has 5 nitrogen and oxygen atoms in total. The highest BCUT2D eigenvalue weighted by Crippen LogP contribution is 2.16. The summed E-state index contributed by atoms with van der Waals surface area (Å²) in [6.45, 7) is 8.43. The van der Waals surface area contributed by atoms with Gasteiger partial charge in [0.1, 0.15) is 5.60 Å². The van der Waals surface area contributed by atoms with E-state index in [-0.39, 0.29) is 12.1 Å². The Morgan fingerprint density at radius 1 is 1.56 bits per heavy atom. The highest BCUT2D eigenvalue weighted by atomic mass is 16.6. The van der Waals surface area contributed by atoms with Crippen LogP contribution in [0.3, 0.4) is 0 Å². The SMILES string of the molecule is C[C@H](O)C1COCCN1C(=O)OC(C)(C)C. The first-order valence-corrected chi connectivity index (χ1v) is 5.56. The summed E-state index contributed by atoms with van der Waals surface area (Å²) < 4.78 is 10.5. The average Bonchev–Trinajstić information content (AvgIpc) is 2.15. The van der Waals surface area contributed by atoms with Gasteiger partial charge in [-0.1, -0.05) is 0 Å². The summed E-state index contributed by atoms with van der Waals surface area (Å²) in [4.78, 5) is 13.4. The molecule has 0 aromatic heterocycles. The van der Waals surface area contributed by atoms with Crippen molar-refractivity contribution in [1.82, 2.24) is 4.90 Å². The molecule has 1 N–H and O–H groups in total. The minimum absolute atomic E-state index is 0.316. The van der Waals surface area contributed by atoms with Crippen LogP contribution in [0.5, 0.6) is 0 Å². The van der Waals surface area contributed by atoms with Gasteiger partial charge in [-0.2, -0.15) is 0 Å². The van der Waals surface area contributed by atoms with E-state index in [1.165, 1.54) is 0 Å². The lowest BCUT2D eigenvalue weighted by molar-refractivity contribution is -0.0623. The minimum atomic E-state index is -0.618. The molecule has 1 aliphatic rings. The second kappa shape index (κ2) is 5.01. The van der Waals surface area contributed by atoms with Gasteiger partial charge in [0.2, 0.25) is 0 Å². The van der Waals surface area contributed by atoms with Crippen molar-refractivity contribution in [3.8, 4) is 0 Å². The highest BCUT2D eigenvalue weighted by molar-refractivity contribution is 5.68. The molecule has 0 aromatic carbocycles. The fourth-order valence-corrected chi connectivity index (χ4v) is 1.57. The van der Waals surface area contributed by atoms with Gasteiger partial charge < -0.3 is 14.6 Å². The predicted octanol–water partition coefficient (Wildman–Crippen LogP) is 1.00. The zero-order valence-electron chi connectivity index (χ0n) is 10.4. The fourth-order valence-electron chi connectivity index (χ4n) is 1.57. The molecular weight excluding hydrogens is 210 g/mol. The summed E-state index contributed by atoms with van der Waals surface area (Å²) in [5.74, 6) is 0. The van der Waals surface area contributed by atoms with E-state index in [9.17, 15) is 9.90 Å². The maximum Gasteiger partial charge on any atom is 0.410 e. The Morgan fingerprint density at radius 2 is 2.19 bits per heavy atom. The quantitative estimate of drug-likeness (QED) is 0.731. The summed E-state index contributed by atoms with van der Waals surface area (Å²) in [6, 6.07) is -0.316. The molecule has 0 saturated carbocycles. The highest BCUT2D eigenvalue weighted by Gasteiger charge is 2.33. The van der Waals surface area contributed by atoms with Gasteiger partial charge in [-0.25, -0.2) is 4.79 Å². The van der Waals surface area contributed by atoms with E-state index < -0.39 is 11.7 Å². The lowest BCUT2D eigenvalue weighted by atomic mass is 10.1. The third-order valence-corrected chi connectivity index (χ3v) is 2.35. The van der Waals surface area contributed by atoms with Crippen molar-refractivity contribution in [3.05, 3.63) is 0 Å². The summed E-state index contributed by atoms with van der Waals surface area (Å²) in [7, 11) is 0. The van der Waals surface area contributed by atoms with E-state index in [2.05, 4.69) is 0 Å². The van der Waals surface area contributed by atoms with Gasteiger partial charge in [-0.05, 0) is 27.7 Å². The lowest BCUT2D eigenvalue weighted by Gasteiger charge is -2.37. The summed E-state index contributed by atoms with van der Waals surface area (Å²) in [5, 5.41) is 9.57. The van der Waals surface area contributed by atoms with E-state index in [1.54, 1.807) is 11.8 Å². The largest absolute Gasteiger partial charge is 0.444 e. The fraction of sp³-hybridized carbons (Fsp3) is 0.909. The molecule has 0 aliphatic carbocycles. The molecule has 16 heavy (non-hydrogen) atoms. The molecule has 0 spiro atoms. The summed E-state index contributed by atoms with van der Waals surface area (Å²) in [5.41, 5.74) is -0.515. The van der Waals surface area contributed by atoms with E-state index in [4.69, 9.17) is 9.47 Å². The van der Waals surface area contributed by atoms with Crippen molar-refractivity contribution in [2.75, 3.05) is 19.8 Å². The number of nitrogens with zero attached hydrogens (tertiary/aromatic N) is 1. The first kappa shape index (κ1) is 13.3. The number of morpholine rings is 1. The summed E-state index contributed by atoms with van der Waals surface area (Å²) >= 11 is 0. The number of carbonyl (C=O) groups is 1. The van der Waals surface area contributed by atoms with Gasteiger partial charge in [-0.15, -0.1) is 0 Å². The summed E-state index contributed by atoms with van der Waals surface area (Å²) in [6.07, 6.45) is -1.01. The molecule has 1 fully saturated rings. The molecule has 1 rings (SSSR count). The van der Waals surface area contributed by atoms with Crippen molar-refractivity contribution >= 4 is 6.09 Å². The van der Waals surface area contributed by atoms with Crippen molar-refractivity contribution in [2.45, 2.75) is 45.4 Å². The van der Waals surface area contributed by atoms with Crippen LogP contribution in [-0.2, 0) is 9.47 Å². The minimum Gasteiger partial charge on any atom is -0.444 e. The smallest absolute Gasteiger partial charge is 0.410 e. The Kier molecular flexibility index (Phi) is 4.15. The number of amides is 1.